The van der Waals surface area contributed by atoms with Gasteiger partial charge in [-0.3, -0.25) is 19.4 Å². The number of benzene rings is 1. The predicted molar refractivity (Wildman–Crippen MR) is 120 cm³/mol. The number of carbonyl (C=O) groups is 3. The Kier molecular flexibility index (Phi) is 8.01. The van der Waals surface area contributed by atoms with Crippen molar-refractivity contribution in [2.75, 3.05) is 31.2 Å². The second kappa shape index (κ2) is 10.9. The lowest BCUT2D eigenvalue weighted by atomic mass is 10.3. The minimum absolute atomic E-state index is 0.0234. The maximum Gasteiger partial charge on any atom is 0.330 e. The standard InChI is InChI=1S/C22H24N2O8S/c1-3-5-10-23-20(28)19(32-22(23)33)21-24(15-8-6-7-9-16(15)31-21)11-18(27)30-13-14(25)12-29-17(26)4-2/h4,6-9,14,25H,2-3,5,10-13H2,1H3/b21-19+. The molecule has 1 unspecified atom stereocenters. The van der Waals surface area contributed by atoms with Gasteiger partial charge < -0.3 is 24.1 Å². The molecule has 3 rings (SSSR count). The highest BCUT2D eigenvalue weighted by molar-refractivity contribution is 7.80. The smallest absolute Gasteiger partial charge is 0.330 e. The summed E-state index contributed by atoms with van der Waals surface area (Å²) in [4.78, 5) is 39.2. The van der Waals surface area contributed by atoms with Crippen molar-refractivity contribution in [2.45, 2.75) is 25.9 Å². The van der Waals surface area contributed by atoms with Crippen LogP contribution in [0, 0.1) is 0 Å². The molecule has 0 radical (unpaired) electrons. The van der Waals surface area contributed by atoms with Gasteiger partial charge in [0.1, 0.15) is 25.9 Å². The summed E-state index contributed by atoms with van der Waals surface area (Å²) in [6.45, 7) is 4.58. The number of thiocarbonyl (C=S) groups is 1. The van der Waals surface area contributed by atoms with E-state index in [9.17, 15) is 19.5 Å². The number of para-hydroxylation sites is 2. The molecule has 0 saturated carbocycles. The maximum absolute atomic E-state index is 12.9. The number of fused-ring (bicyclic) bond motifs is 1. The first-order chi connectivity index (χ1) is 15.8. The van der Waals surface area contributed by atoms with Gasteiger partial charge in [-0.05, 0) is 30.8 Å². The van der Waals surface area contributed by atoms with Crippen LogP contribution in [0.2, 0.25) is 0 Å². The van der Waals surface area contributed by atoms with Gasteiger partial charge in [-0.15, -0.1) is 0 Å². The summed E-state index contributed by atoms with van der Waals surface area (Å²) in [5.74, 6) is -1.52. The van der Waals surface area contributed by atoms with Crippen LogP contribution in [0.3, 0.4) is 0 Å². The van der Waals surface area contributed by atoms with Gasteiger partial charge in [0.25, 0.3) is 16.8 Å². The average Bonchev–Trinajstić information content (AvgIpc) is 3.31. The van der Waals surface area contributed by atoms with Crippen molar-refractivity contribution in [3.05, 3.63) is 48.6 Å². The largest absolute Gasteiger partial charge is 0.461 e. The Bertz CT molecular complexity index is 992. The van der Waals surface area contributed by atoms with E-state index in [0.29, 0.717) is 18.0 Å². The van der Waals surface area contributed by atoms with Gasteiger partial charge in [0.2, 0.25) is 0 Å². The lowest BCUT2D eigenvalue weighted by Gasteiger charge is -2.18. The fourth-order valence-corrected chi connectivity index (χ4v) is 3.30. The number of hydrogen-bond acceptors (Lipinski definition) is 10. The van der Waals surface area contributed by atoms with Crippen LogP contribution in [0.4, 0.5) is 5.69 Å². The van der Waals surface area contributed by atoms with Crippen LogP contribution in [0.5, 0.6) is 5.75 Å². The van der Waals surface area contributed by atoms with E-state index in [1.54, 1.807) is 24.3 Å². The Morgan fingerprint density at radius 3 is 2.67 bits per heavy atom. The highest BCUT2D eigenvalue weighted by Crippen LogP contribution is 2.41. The molecule has 1 atom stereocenters. The number of nitrogens with zero attached hydrogens (tertiary/aromatic N) is 2. The number of aliphatic hydroxyl groups excluding tert-OH is 1. The molecule has 1 fully saturated rings. The third-order valence-electron chi connectivity index (χ3n) is 4.70. The molecule has 0 spiro atoms. The van der Waals surface area contributed by atoms with E-state index in [2.05, 4.69) is 6.58 Å². The Morgan fingerprint density at radius 2 is 1.94 bits per heavy atom. The molecule has 1 aromatic rings. The van der Waals surface area contributed by atoms with E-state index in [0.717, 1.165) is 18.9 Å². The van der Waals surface area contributed by atoms with Crippen LogP contribution >= 0.6 is 12.2 Å². The summed E-state index contributed by atoms with van der Waals surface area (Å²) in [5, 5.41) is 9.85. The van der Waals surface area contributed by atoms with Crippen LogP contribution < -0.4 is 9.64 Å². The monoisotopic (exact) mass is 476 g/mol. The molecule has 0 aromatic heterocycles. The molecule has 11 heteroatoms. The van der Waals surface area contributed by atoms with E-state index in [1.165, 1.54) is 9.80 Å². The fraction of sp³-hybridized carbons (Fsp3) is 0.364. The van der Waals surface area contributed by atoms with Crippen molar-refractivity contribution in [3.8, 4) is 5.75 Å². The molecule has 33 heavy (non-hydrogen) atoms. The quantitative estimate of drug-likeness (QED) is 0.304. The fourth-order valence-electron chi connectivity index (χ4n) is 3.05. The van der Waals surface area contributed by atoms with Crippen LogP contribution in [0.25, 0.3) is 0 Å². The zero-order valence-corrected chi connectivity index (χ0v) is 18.8. The highest BCUT2D eigenvalue weighted by Gasteiger charge is 2.42. The van der Waals surface area contributed by atoms with E-state index < -0.39 is 30.6 Å². The first kappa shape index (κ1) is 24.2. The Morgan fingerprint density at radius 1 is 1.21 bits per heavy atom. The summed E-state index contributed by atoms with van der Waals surface area (Å²) in [7, 11) is 0. The molecule has 0 bridgehead atoms. The Hall–Kier alpha value is -3.44. The average molecular weight is 477 g/mol. The van der Waals surface area contributed by atoms with Crippen LogP contribution in [0.1, 0.15) is 19.8 Å². The van der Waals surface area contributed by atoms with Crippen molar-refractivity contribution in [3.63, 3.8) is 0 Å². The Balaban J connectivity index is 1.73. The molecule has 1 N–H and O–H groups in total. The lowest BCUT2D eigenvalue weighted by molar-refractivity contribution is -0.148. The van der Waals surface area contributed by atoms with Crippen molar-refractivity contribution < 1.29 is 38.4 Å². The molecule has 1 amide bonds. The Labute approximate surface area is 195 Å². The normalized spacial score (nSPS) is 17.9. The number of unbranched alkanes of at least 4 members (excludes halogenated alkanes) is 1. The van der Waals surface area contributed by atoms with E-state index in [1.807, 2.05) is 6.92 Å². The molecule has 2 aliphatic heterocycles. The summed E-state index contributed by atoms with van der Waals surface area (Å²) >= 11 is 5.19. The van der Waals surface area contributed by atoms with Crippen LogP contribution in [-0.4, -0.2) is 65.4 Å². The predicted octanol–water partition coefficient (Wildman–Crippen LogP) is 1.63. The topological polar surface area (TPSA) is 115 Å². The molecule has 1 saturated heterocycles. The van der Waals surface area contributed by atoms with Gasteiger partial charge in [-0.1, -0.05) is 32.1 Å². The van der Waals surface area contributed by atoms with Gasteiger partial charge in [-0.25, -0.2) is 4.79 Å². The number of aliphatic hydroxyl groups is 1. The third-order valence-corrected chi connectivity index (χ3v) is 5.00. The number of rotatable bonds is 10. The summed E-state index contributed by atoms with van der Waals surface area (Å²) < 4.78 is 21.2. The van der Waals surface area contributed by atoms with Crippen molar-refractivity contribution in [1.82, 2.24) is 4.90 Å². The number of amides is 1. The molecule has 1 aromatic carbocycles. The van der Waals surface area contributed by atoms with Crippen LogP contribution in [-0.2, 0) is 28.6 Å². The highest BCUT2D eigenvalue weighted by atomic mass is 32.1. The molecule has 2 aliphatic rings. The second-order valence-electron chi connectivity index (χ2n) is 7.14. The molecule has 2 heterocycles. The van der Waals surface area contributed by atoms with Gasteiger partial charge in [0.05, 0.1) is 5.69 Å². The lowest BCUT2D eigenvalue weighted by Crippen LogP contribution is -2.34. The minimum Gasteiger partial charge on any atom is -0.461 e. The first-order valence-electron chi connectivity index (χ1n) is 10.3. The summed E-state index contributed by atoms with van der Waals surface area (Å²) in [6.07, 6.45) is 1.37. The molecule has 176 valence electrons. The van der Waals surface area contributed by atoms with Gasteiger partial charge in [-0.2, -0.15) is 0 Å². The van der Waals surface area contributed by atoms with Gasteiger partial charge >= 0.3 is 17.8 Å². The third kappa shape index (κ3) is 5.68. The van der Waals surface area contributed by atoms with Gasteiger partial charge in [0, 0.05) is 12.6 Å². The van der Waals surface area contributed by atoms with Crippen molar-refractivity contribution in [2.24, 2.45) is 0 Å². The second-order valence-corrected chi connectivity index (χ2v) is 7.49. The van der Waals surface area contributed by atoms with Crippen molar-refractivity contribution >= 4 is 40.9 Å². The number of hydrogen-bond donors (Lipinski definition) is 1. The molecule has 10 nitrogen and oxygen atoms in total. The zero-order chi connectivity index (χ0) is 24.0. The maximum atomic E-state index is 12.9. The SMILES string of the molecule is C=CC(=O)OCC(O)COC(=O)CN1/C(=C2\OC(=S)N(CCCC)C2=O)Oc2ccccc21. The van der Waals surface area contributed by atoms with E-state index >= 15 is 0 Å². The summed E-state index contributed by atoms with van der Waals surface area (Å²) in [6, 6.07) is 6.90. The summed E-state index contributed by atoms with van der Waals surface area (Å²) in [5.41, 5.74) is 0.534. The minimum atomic E-state index is -1.21. The number of anilines is 1. The number of ether oxygens (including phenoxy) is 4. The first-order valence-corrected chi connectivity index (χ1v) is 10.7. The van der Waals surface area contributed by atoms with E-state index in [4.69, 9.17) is 31.2 Å². The number of carbonyl (C=O) groups excluding carboxylic acids is 3. The molecule has 0 aliphatic carbocycles. The molecular formula is C22H24N2O8S. The number of esters is 2. The van der Waals surface area contributed by atoms with E-state index in [-0.39, 0.29) is 30.0 Å². The van der Waals surface area contributed by atoms with Gasteiger partial charge in [0.15, 0.2) is 5.75 Å². The molecular weight excluding hydrogens is 452 g/mol. The zero-order valence-electron chi connectivity index (χ0n) is 18.0. The van der Waals surface area contributed by atoms with Crippen molar-refractivity contribution in [1.29, 1.82) is 0 Å². The van der Waals surface area contributed by atoms with Crippen LogP contribution in [0.15, 0.2) is 48.6 Å².